The molecule has 21 heavy (non-hydrogen) atoms. The number of hydrogen-bond donors (Lipinski definition) is 0. The first-order valence-corrected chi connectivity index (χ1v) is 7.72. The van der Waals surface area contributed by atoms with Crippen molar-refractivity contribution in [3.05, 3.63) is 24.0 Å². The van der Waals surface area contributed by atoms with E-state index in [2.05, 4.69) is 50.5 Å². The van der Waals surface area contributed by atoms with E-state index >= 15 is 0 Å². The Morgan fingerprint density at radius 3 is 2.57 bits per heavy atom. The molecule has 4 nitrogen and oxygen atoms in total. The third kappa shape index (κ3) is 1.87. The molecule has 1 aromatic heterocycles. The van der Waals surface area contributed by atoms with Gasteiger partial charge in [-0.25, -0.2) is 4.98 Å². The molecule has 1 aromatic carbocycles. The summed E-state index contributed by atoms with van der Waals surface area (Å²) in [7, 11) is -0.299. The summed E-state index contributed by atoms with van der Waals surface area (Å²) in [6, 6.07) is 6.34. The minimum Gasteiger partial charge on any atom is -0.399 e. The summed E-state index contributed by atoms with van der Waals surface area (Å²) < 4.78 is 14.6. The summed E-state index contributed by atoms with van der Waals surface area (Å²) in [5.74, 6) is 1.20. The van der Waals surface area contributed by atoms with Gasteiger partial charge in [0, 0.05) is 13.0 Å². The first-order valence-electron chi connectivity index (χ1n) is 7.72. The van der Waals surface area contributed by atoms with Crippen LogP contribution in [0.5, 0.6) is 0 Å². The molecule has 0 N–H and O–H groups in total. The normalized spacial score (nSPS) is 23.0. The third-order valence-electron chi connectivity index (χ3n) is 5.16. The molecule has 2 aromatic rings. The van der Waals surface area contributed by atoms with Gasteiger partial charge in [0.15, 0.2) is 0 Å². The first kappa shape index (κ1) is 13.3. The lowest BCUT2D eigenvalue weighted by Crippen LogP contribution is -2.41. The number of aromatic nitrogens is 2. The van der Waals surface area contributed by atoms with Crippen LogP contribution in [0.4, 0.5) is 0 Å². The zero-order valence-electron chi connectivity index (χ0n) is 13.1. The van der Waals surface area contributed by atoms with Crippen molar-refractivity contribution in [1.82, 2.24) is 9.55 Å². The average Bonchev–Trinajstić information content (AvgIpc) is 3.01. The molecule has 0 unspecified atom stereocenters. The quantitative estimate of drug-likeness (QED) is 0.754. The van der Waals surface area contributed by atoms with Crippen LogP contribution in [-0.2, 0) is 22.3 Å². The van der Waals surface area contributed by atoms with Gasteiger partial charge in [0.1, 0.15) is 5.82 Å². The van der Waals surface area contributed by atoms with Gasteiger partial charge in [-0.15, -0.1) is 0 Å². The van der Waals surface area contributed by atoms with Crippen LogP contribution in [0.25, 0.3) is 11.0 Å². The topological polar surface area (TPSA) is 36.3 Å². The molecule has 1 saturated heterocycles. The Balaban J connectivity index is 1.75. The van der Waals surface area contributed by atoms with Gasteiger partial charge in [0.25, 0.3) is 0 Å². The van der Waals surface area contributed by atoms with Crippen LogP contribution in [0.2, 0.25) is 0 Å². The highest BCUT2D eigenvalue weighted by Crippen LogP contribution is 2.36. The number of hydrogen-bond acceptors (Lipinski definition) is 3. The number of fused-ring (bicyclic) bond motifs is 3. The summed E-state index contributed by atoms with van der Waals surface area (Å²) in [5.41, 5.74) is 2.76. The SMILES string of the molecule is CC1(C)OB(c2ccc3nc4n(c3c2)CCC4)OC1(C)C. The molecule has 2 aliphatic heterocycles. The molecular weight excluding hydrogens is 263 g/mol. The van der Waals surface area contributed by atoms with E-state index in [0.29, 0.717) is 0 Å². The maximum absolute atomic E-state index is 6.14. The fraction of sp³-hybridized carbons (Fsp3) is 0.562. The molecule has 1 fully saturated rings. The highest BCUT2D eigenvalue weighted by molar-refractivity contribution is 6.62. The fourth-order valence-corrected chi connectivity index (χ4v) is 3.15. The van der Waals surface area contributed by atoms with Crippen molar-refractivity contribution in [2.45, 2.75) is 58.3 Å². The van der Waals surface area contributed by atoms with Gasteiger partial charge in [-0.05, 0) is 51.7 Å². The van der Waals surface area contributed by atoms with E-state index in [1.54, 1.807) is 0 Å². The molecule has 5 heteroatoms. The van der Waals surface area contributed by atoms with Crippen molar-refractivity contribution in [2.24, 2.45) is 0 Å². The summed E-state index contributed by atoms with van der Waals surface area (Å²) in [6.45, 7) is 9.41. The summed E-state index contributed by atoms with van der Waals surface area (Å²) >= 11 is 0. The number of benzene rings is 1. The van der Waals surface area contributed by atoms with Gasteiger partial charge < -0.3 is 13.9 Å². The molecule has 0 saturated carbocycles. The molecular formula is C16H21BN2O2. The predicted molar refractivity (Wildman–Crippen MR) is 83.8 cm³/mol. The Morgan fingerprint density at radius 1 is 1.14 bits per heavy atom. The summed E-state index contributed by atoms with van der Waals surface area (Å²) in [5, 5.41) is 0. The van der Waals surface area contributed by atoms with Crippen LogP contribution in [0.15, 0.2) is 18.2 Å². The predicted octanol–water partition coefficient (Wildman–Crippen LogP) is 2.28. The molecule has 2 aliphatic rings. The van der Waals surface area contributed by atoms with Crippen LogP contribution in [-0.4, -0.2) is 27.9 Å². The van der Waals surface area contributed by atoms with Crippen LogP contribution >= 0.6 is 0 Å². The zero-order valence-corrected chi connectivity index (χ0v) is 13.1. The van der Waals surface area contributed by atoms with Gasteiger partial charge >= 0.3 is 7.12 Å². The molecule has 0 atom stereocenters. The lowest BCUT2D eigenvalue weighted by atomic mass is 9.79. The van der Waals surface area contributed by atoms with E-state index in [-0.39, 0.29) is 18.3 Å². The molecule has 0 amide bonds. The fourth-order valence-electron chi connectivity index (χ4n) is 3.15. The van der Waals surface area contributed by atoms with E-state index in [9.17, 15) is 0 Å². The maximum Gasteiger partial charge on any atom is 0.494 e. The average molecular weight is 284 g/mol. The molecule has 0 aliphatic carbocycles. The van der Waals surface area contributed by atoms with Crippen LogP contribution in [0, 0.1) is 0 Å². The summed E-state index contributed by atoms with van der Waals surface area (Å²) in [4.78, 5) is 4.70. The van der Waals surface area contributed by atoms with Crippen molar-refractivity contribution in [3.8, 4) is 0 Å². The Kier molecular flexibility index (Phi) is 2.61. The first-order chi connectivity index (χ1) is 9.87. The third-order valence-corrected chi connectivity index (χ3v) is 5.16. The lowest BCUT2D eigenvalue weighted by molar-refractivity contribution is 0.00578. The Morgan fingerprint density at radius 2 is 1.86 bits per heavy atom. The van der Waals surface area contributed by atoms with Gasteiger partial charge in [-0.2, -0.15) is 0 Å². The highest BCUT2D eigenvalue weighted by atomic mass is 16.7. The summed E-state index contributed by atoms with van der Waals surface area (Å²) in [6.07, 6.45) is 2.28. The largest absolute Gasteiger partial charge is 0.494 e. The highest BCUT2D eigenvalue weighted by Gasteiger charge is 2.51. The molecule has 0 bridgehead atoms. The second-order valence-corrected chi connectivity index (χ2v) is 7.12. The van der Waals surface area contributed by atoms with Crippen LogP contribution < -0.4 is 5.46 Å². The van der Waals surface area contributed by atoms with E-state index in [4.69, 9.17) is 14.3 Å². The van der Waals surface area contributed by atoms with E-state index in [0.717, 1.165) is 23.9 Å². The van der Waals surface area contributed by atoms with Gasteiger partial charge in [-0.1, -0.05) is 6.07 Å². The van der Waals surface area contributed by atoms with Crippen LogP contribution in [0.1, 0.15) is 39.9 Å². The second kappa shape index (κ2) is 4.11. The van der Waals surface area contributed by atoms with E-state index < -0.39 is 0 Å². The molecule has 110 valence electrons. The number of nitrogens with zero attached hydrogens (tertiary/aromatic N) is 2. The van der Waals surface area contributed by atoms with Crippen molar-refractivity contribution in [1.29, 1.82) is 0 Å². The minimum atomic E-state index is -0.300. The monoisotopic (exact) mass is 284 g/mol. The Labute approximate surface area is 125 Å². The van der Waals surface area contributed by atoms with Crippen LogP contribution in [0.3, 0.4) is 0 Å². The van der Waals surface area contributed by atoms with Crippen molar-refractivity contribution in [3.63, 3.8) is 0 Å². The zero-order chi connectivity index (χ0) is 14.8. The Bertz CT molecular complexity index is 704. The number of aryl methyl sites for hydroxylation is 2. The second-order valence-electron chi connectivity index (χ2n) is 7.12. The van der Waals surface area contributed by atoms with Gasteiger partial charge in [0.2, 0.25) is 0 Å². The van der Waals surface area contributed by atoms with E-state index in [1.165, 1.54) is 17.8 Å². The molecule has 0 radical (unpaired) electrons. The van der Waals surface area contributed by atoms with Crippen molar-refractivity contribution >= 4 is 23.6 Å². The van der Waals surface area contributed by atoms with E-state index in [1.807, 2.05) is 0 Å². The molecule has 0 spiro atoms. The lowest BCUT2D eigenvalue weighted by Gasteiger charge is -2.32. The molecule has 4 rings (SSSR count). The van der Waals surface area contributed by atoms with Crippen molar-refractivity contribution < 1.29 is 9.31 Å². The smallest absolute Gasteiger partial charge is 0.399 e. The maximum atomic E-state index is 6.14. The Hall–Kier alpha value is -1.33. The number of imidazole rings is 1. The van der Waals surface area contributed by atoms with Crippen molar-refractivity contribution in [2.75, 3.05) is 0 Å². The minimum absolute atomic E-state index is 0.299. The number of rotatable bonds is 1. The van der Waals surface area contributed by atoms with Gasteiger partial charge in [0.05, 0.1) is 22.2 Å². The standard InChI is InChI=1S/C16H21BN2O2/c1-15(2)16(3,4)21-17(20-15)11-7-8-12-13(10-11)19-9-5-6-14(19)18-12/h7-8,10H,5-6,9H2,1-4H3. The molecule has 3 heterocycles. The van der Waals surface area contributed by atoms with Gasteiger partial charge in [-0.3, -0.25) is 0 Å².